The van der Waals surface area contributed by atoms with Gasteiger partial charge in [-0.3, -0.25) is 28.9 Å². The minimum absolute atomic E-state index is 0.0824. The molecule has 0 aliphatic carbocycles. The van der Waals surface area contributed by atoms with Crippen LogP contribution in [-0.2, 0) is 24.0 Å². The number of carboxylic acid groups (broad SMARTS) is 1. The standard InChI is InChI=1S/C25H32N4O7/c1-15(2)22(28-19(30)7-5-4-6-14-29-20(31)12-13-21(29)32)24(34)26-16(3)23(33)27-18-10-8-17(9-11-18)25(35)36/h8-13,15-16,22H,4-7,14H2,1-3H3,(H,26,34)(H,27,33)(H,28,30)(H,35,36)/t16-,22-/m0/s1. The lowest BCUT2D eigenvalue weighted by molar-refractivity contribution is -0.137. The van der Waals surface area contributed by atoms with Crippen molar-refractivity contribution in [1.82, 2.24) is 15.5 Å². The molecule has 0 aromatic heterocycles. The van der Waals surface area contributed by atoms with Gasteiger partial charge in [0.2, 0.25) is 17.7 Å². The molecule has 1 aromatic rings. The van der Waals surface area contributed by atoms with Gasteiger partial charge in [0.1, 0.15) is 12.1 Å². The highest BCUT2D eigenvalue weighted by Gasteiger charge is 2.27. The Morgan fingerprint density at radius 3 is 2.03 bits per heavy atom. The third-order valence-corrected chi connectivity index (χ3v) is 5.60. The van der Waals surface area contributed by atoms with Crippen molar-refractivity contribution in [3.8, 4) is 0 Å². The minimum Gasteiger partial charge on any atom is -0.478 e. The molecule has 11 heteroatoms. The zero-order valence-electron chi connectivity index (χ0n) is 20.6. The Bertz CT molecular complexity index is 1020. The van der Waals surface area contributed by atoms with E-state index in [1.54, 1.807) is 13.8 Å². The van der Waals surface area contributed by atoms with Gasteiger partial charge in [0.25, 0.3) is 11.8 Å². The lowest BCUT2D eigenvalue weighted by atomic mass is 10.0. The predicted octanol–water partition coefficient (Wildman–Crippen LogP) is 1.45. The number of rotatable bonds is 13. The van der Waals surface area contributed by atoms with Crippen LogP contribution in [0.4, 0.5) is 5.69 Å². The average molecular weight is 501 g/mol. The van der Waals surface area contributed by atoms with Gasteiger partial charge < -0.3 is 21.1 Å². The van der Waals surface area contributed by atoms with Crippen LogP contribution in [0.5, 0.6) is 0 Å². The maximum atomic E-state index is 12.7. The van der Waals surface area contributed by atoms with Crippen LogP contribution in [0, 0.1) is 5.92 Å². The summed E-state index contributed by atoms with van der Waals surface area (Å²) in [6.45, 7) is 5.35. The molecule has 5 amide bonds. The van der Waals surface area contributed by atoms with Crippen LogP contribution in [0.1, 0.15) is 56.8 Å². The topological polar surface area (TPSA) is 162 Å². The van der Waals surface area contributed by atoms with E-state index < -0.39 is 29.9 Å². The van der Waals surface area contributed by atoms with Crippen LogP contribution in [0.2, 0.25) is 0 Å². The second kappa shape index (κ2) is 13.2. The number of amides is 5. The van der Waals surface area contributed by atoms with Crippen molar-refractivity contribution >= 4 is 41.2 Å². The zero-order valence-corrected chi connectivity index (χ0v) is 20.6. The number of benzene rings is 1. The second-order valence-electron chi connectivity index (χ2n) is 8.86. The van der Waals surface area contributed by atoms with E-state index in [0.717, 1.165) is 4.90 Å². The number of nitrogens with zero attached hydrogens (tertiary/aromatic N) is 1. The molecular weight excluding hydrogens is 468 g/mol. The Morgan fingerprint density at radius 2 is 1.47 bits per heavy atom. The Morgan fingerprint density at radius 1 is 0.861 bits per heavy atom. The molecule has 1 aliphatic rings. The van der Waals surface area contributed by atoms with Gasteiger partial charge in [-0.25, -0.2) is 4.79 Å². The molecule has 2 rings (SSSR count). The molecule has 2 atom stereocenters. The highest BCUT2D eigenvalue weighted by atomic mass is 16.4. The molecule has 1 aromatic carbocycles. The van der Waals surface area contributed by atoms with Crippen molar-refractivity contribution in [3.63, 3.8) is 0 Å². The third-order valence-electron chi connectivity index (χ3n) is 5.60. The minimum atomic E-state index is -1.08. The molecule has 0 fully saturated rings. The number of hydrogen-bond donors (Lipinski definition) is 4. The summed E-state index contributed by atoms with van der Waals surface area (Å²) in [6, 6.07) is 3.87. The summed E-state index contributed by atoms with van der Waals surface area (Å²) >= 11 is 0. The smallest absolute Gasteiger partial charge is 0.335 e. The van der Waals surface area contributed by atoms with E-state index in [2.05, 4.69) is 16.0 Å². The summed E-state index contributed by atoms with van der Waals surface area (Å²) < 4.78 is 0. The van der Waals surface area contributed by atoms with Crippen molar-refractivity contribution in [2.24, 2.45) is 5.92 Å². The van der Waals surface area contributed by atoms with Crippen LogP contribution in [0.25, 0.3) is 0 Å². The molecule has 0 unspecified atom stereocenters. The first kappa shape index (κ1) is 28.2. The fourth-order valence-electron chi connectivity index (χ4n) is 3.48. The monoisotopic (exact) mass is 500 g/mol. The lowest BCUT2D eigenvalue weighted by Gasteiger charge is -2.24. The van der Waals surface area contributed by atoms with E-state index in [0.29, 0.717) is 31.5 Å². The van der Waals surface area contributed by atoms with Gasteiger partial charge in [-0.05, 0) is 49.9 Å². The molecule has 0 saturated heterocycles. The maximum Gasteiger partial charge on any atom is 0.335 e. The van der Waals surface area contributed by atoms with E-state index in [1.165, 1.54) is 43.3 Å². The first-order valence-corrected chi connectivity index (χ1v) is 11.8. The maximum absolute atomic E-state index is 12.7. The number of carbonyl (C=O) groups is 6. The summed E-state index contributed by atoms with van der Waals surface area (Å²) in [4.78, 5) is 72.7. The number of hydrogen-bond acceptors (Lipinski definition) is 6. The van der Waals surface area contributed by atoms with Crippen LogP contribution in [0.15, 0.2) is 36.4 Å². The largest absolute Gasteiger partial charge is 0.478 e. The van der Waals surface area contributed by atoms with Crippen molar-refractivity contribution < 1.29 is 33.9 Å². The van der Waals surface area contributed by atoms with Crippen molar-refractivity contribution in [2.75, 3.05) is 11.9 Å². The fourth-order valence-corrected chi connectivity index (χ4v) is 3.48. The van der Waals surface area contributed by atoms with E-state index in [1.807, 2.05) is 0 Å². The Hall–Kier alpha value is -4.02. The molecule has 0 spiro atoms. The first-order valence-electron chi connectivity index (χ1n) is 11.8. The molecule has 0 radical (unpaired) electrons. The molecule has 4 N–H and O–H groups in total. The number of anilines is 1. The number of imide groups is 1. The van der Waals surface area contributed by atoms with Crippen LogP contribution in [-0.4, -0.2) is 64.1 Å². The van der Waals surface area contributed by atoms with Gasteiger partial charge in [0.05, 0.1) is 5.56 Å². The number of aromatic carboxylic acids is 1. The van der Waals surface area contributed by atoms with Gasteiger partial charge >= 0.3 is 5.97 Å². The number of unbranched alkanes of at least 4 members (excludes halogenated alkanes) is 2. The Labute approximate surface area is 209 Å². The molecule has 194 valence electrons. The molecule has 1 aliphatic heterocycles. The van der Waals surface area contributed by atoms with Crippen LogP contribution in [0.3, 0.4) is 0 Å². The van der Waals surface area contributed by atoms with E-state index in [-0.39, 0.29) is 35.6 Å². The highest BCUT2D eigenvalue weighted by molar-refractivity contribution is 6.12. The number of nitrogens with one attached hydrogen (secondary N) is 3. The molecular formula is C25H32N4O7. The number of carboxylic acids is 1. The van der Waals surface area contributed by atoms with Gasteiger partial charge in [0.15, 0.2) is 0 Å². The van der Waals surface area contributed by atoms with E-state index in [9.17, 15) is 28.8 Å². The summed E-state index contributed by atoms with van der Waals surface area (Å²) in [5, 5.41) is 16.9. The second-order valence-corrected chi connectivity index (χ2v) is 8.86. The predicted molar refractivity (Wildman–Crippen MR) is 131 cm³/mol. The van der Waals surface area contributed by atoms with E-state index in [4.69, 9.17) is 5.11 Å². The first-order chi connectivity index (χ1) is 17.0. The lowest BCUT2D eigenvalue weighted by Crippen LogP contribution is -2.53. The van der Waals surface area contributed by atoms with E-state index >= 15 is 0 Å². The average Bonchev–Trinajstić information content (AvgIpc) is 3.14. The summed E-state index contributed by atoms with van der Waals surface area (Å²) in [6.07, 6.45) is 4.38. The summed E-state index contributed by atoms with van der Waals surface area (Å²) in [5.41, 5.74) is 0.466. The molecule has 0 saturated carbocycles. The third kappa shape index (κ3) is 8.33. The van der Waals surface area contributed by atoms with Crippen molar-refractivity contribution in [1.29, 1.82) is 0 Å². The normalized spacial score (nSPS) is 14.5. The Balaban J connectivity index is 1.76. The highest BCUT2D eigenvalue weighted by Crippen LogP contribution is 2.11. The molecule has 0 bridgehead atoms. The van der Waals surface area contributed by atoms with Crippen LogP contribution < -0.4 is 16.0 Å². The quantitative estimate of drug-likeness (QED) is 0.235. The SMILES string of the molecule is CC(C)[C@H](NC(=O)CCCCCN1C(=O)C=CC1=O)C(=O)N[C@@H](C)C(=O)Nc1ccc(C(=O)O)cc1. The van der Waals surface area contributed by atoms with Crippen molar-refractivity contribution in [3.05, 3.63) is 42.0 Å². The summed E-state index contributed by atoms with van der Waals surface area (Å²) in [5.74, 6) is -3.28. The van der Waals surface area contributed by atoms with Gasteiger partial charge in [0, 0.05) is 30.8 Å². The molecule has 11 nitrogen and oxygen atoms in total. The molecule has 36 heavy (non-hydrogen) atoms. The number of carbonyl (C=O) groups excluding carboxylic acids is 5. The van der Waals surface area contributed by atoms with Crippen molar-refractivity contribution in [2.45, 2.75) is 58.5 Å². The summed E-state index contributed by atoms with van der Waals surface area (Å²) in [7, 11) is 0. The molecule has 1 heterocycles. The van der Waals surface area contributed by atoms with Gasteiger partial charge in [-0.15, -0.1) is 0 Å². The van der Waals surface area contributed by atoms with Gasteiger partial charge in [-0.1, -0.05) is 20.3 Å². The zero-order chi connectivity index (χ0) is 26.8. The van der Waals surface area contributed by atoms with Gasteiger partial charge in [-0.2, -0.15) is 0 Å². The van der Waals surface area contributed by atoms with Crippen LogP contribution >= 0.6 is 0 Å². The fraction of sp³-hybridized carbons (Fsp3) is 0.440. The Kier molecular flexibility index (Phi) is 10.3.